The van der Waals surface area contributed by atoms with Crippen molar-refractivity contribution < 1.29 is 4.79 Å². The number of nitrogens with one attached hydrogen (secondary N) is 2. The molecule has 0 aliphatic heterocycles. The third-order valence-electron chi connectivity index (χ3n) is 6.33. The highest BCUT2D eigenvalue weighted by atomic mass is 16.1. The summed E-state index contributed by atoms with van der Waals surface area (Å²) in [4.78, 5) is 25.0. The summed E-state index contributed by atoms with van der Waals surface area (Å²) in [6.45, 7) is 3.37. The maximum absolute atomic E-state index is 13.1. The van der Waals surface area contributed by atoms with Crippen LogP contribution in [0.4, 0.5) is 0 Å². The van der Waals surface area contributed by atoms with Gasteiger partial charge in [0, 0.05) is 55.8 Å². The van der Waals surface area contributed by atoms with Crippen LogP contribution in [0.25, 0.3) is 11.0 Å². The second kappa shape index (κ2) is 10.4. The largest absolute Gasteiger partial charge is 0.356 e. The Morgan fingerprint density at radius 3 is 2.74 bits per heavy atom. The third kappa shape index (κ3) is 5.32. The fraction of sp³-hybridized carbons (Fsp3) is 0.207. The molecule has 176 valence electrons. The summed E-state index contributed by atoms with van der Waals surface area (Å²) in [6, 6.07) is 22.9. The molecule has 0 saturated carbocycles. The lowest BCUT2D eigenvalue weighted by molar-refractivity contribution is -0.121. The summed E-state index contributed by atoms with van der Waals surface area (Å²) < 4.78 is 2.19. The molecular weight excluding hydrogens is 434 g/mol. The predicted molar refractivity (Wildman–Crippen MR) is 138 cm³/mol. The summed E-state index contributed by atoms with van der Waals surface area (Å²) in [5.74, 6) is -0.0519. The number of carbonyl (C=O) groups is 1. The van der Waals surface area contributed by atoms with Crippen molar-refractivity contribution in [2.24, 2.45) is 0 Å². The number of fused-ring (bicyclic) bond motifs is 1. The minimum atomic E-state index is -0.0796. The highest BCUT2D eigenvalue weighted by Gasteiger charge is 2.23. The average molecular weight is 464 g/mol. The van der Waals surface area contributed by atoms with Crippen molar-refractivity contribution in [3.63, 3.8) is 0 Å². The Morgan fingerprint density at radius 1 is 1.06 bits per heavy atom. The van der Waals surface area contributed by atoms with E-state index < -0.39 is 0 Å². The lowest BCUT2D eigenvalue weighted by Gasteiger charge is -2.18. The van der Waals surface area contributed by atoms with Crippen LogP contribution in [-0.4, -0.2) is 32.0 Å². The fourth-order valence-electron chi connectivity index (χ4n) is 4.64. The standard InChI is InChI=1S/C29H29N5O/c1-21-7-5-10-23(15-21)26(16-28(35)31-14-12-24-17-30-20-33-24)27-19-34(18-22-8-3-2-4-9-22)29-25(27)11-6-13-32-29/h2-11,13,15,17,19-20,26H,12,14,16,18H2,1H3,(H,30,33)(H,31,35). The SMILES string of the molecule is Cc1cccc(C(CC(=O)NCCc2c[nH]cn2)c2cn(Cc3ccccc3)c3ncccc23)c1. The quantitative estimate of drug-likeness (QED) is 0.323. The number of rotatable bonds is 9. The van der Waals surface area contributed by atoms with Gasteiger partial charge in [0.25, 0.3) is 0 Å². The van der Waals surface area contributed by atoms with Gasteiger partial charge in [-0.15, -0.1) is 0 Å². The molecule has 1 amide bonds. The average Bonchev–Trinajstić information content (AvgIpc) is 3.52. The van der Waals surface area contributed by atoms with E-state index in [9.17, 15) is 4.79 Å². The molecule has 0 aliphatic rings. The van der Waals surface area contributed by atoms with Gasteiger partial charge in [-0.05, 0) is 35.7 Å². The normalized spacial score (nSPS) is 12.0. The summed E-state index contributed by atoms with van der Waals surface area (Å²) >= 11 is 0. The summed E-state index contributed by atoms with van der Waals surface area (Å²) in [6.07, 6.45) is 8.58. The molecule has 6 heteroatoms. The van der Waals surface area contributed by atoms with Gasteiger partial charge < -0.3 is 14.9 Å². The zero-order chi connectivity index (χ0) is 24.0. The molecule has 5 aromatic rings. The van der Waals surface area contributed by atoms with E-state index in [1.807, 2.05) is 24.5 Å². The van der Waals surface area contributed by atoms with E-state index in [-0.39, 0.29) is 11.8 Å². The first-order chi connectivity index (χ1) is 17.2. The molecule has 0 bridgehead atoms. The Labute approximate surface area is 205 Å². The summed E-state index contributed by atoms with van der Waals surface area (Å²) in [5.41, 5.74) is 6.52. The Balaban J connectivity index is 1.46. The monoisotopic (exact) mass is 463 g/mol. The highest BCUT2D eigenvalue weighted by Crippen LogP contribution is 2.34. The van der Waals surface area contributed by atoms with E-state index in [1.165, 1.54) is 11.1 Å². The van der Waals surface area contributed by atoms with Crippen molar-refractivity contribution >= 4 is 16.9 Å². The number of amides is 1. The molecule has 2 N–H and O–H groups in total. The van der Waals surface area contributed by atoms with Crippen LogP contribution < -0.4 is 5.32 Å². The van der Waals surface area contributed by atoms with E-state index in [1.54, 1.807) is 6.33 Å². The van der Waals surface area contributed by atoms with Gasteiger partial charge in [0.2, 0.25) is 5.91 Å². The van der Waals surface area contributed by atoms with E-state index in [0.717, 1.165) is 34.4 Å². The van der Waals surface area contributed by atoms with Gasteiger partial charge in [0.15, 0.2) is 0 Å². The van der Waals surface area contributed by atoms with Crippen molar-refractivity contribution in [1.29, 1.82) is 0 Å². The first-order valence-corrected chi connectivity index (χ1v) is 12.0. The number of hydrogen-bond acceptors (Lipinski definition) is 3. The van der Waals surface area contributed by atoms with Crippen LogP contribution in [0.3, 0.4) is 0 Å². The van der Waals surface area contributed by atoms with Gasteiger partial charge in [-0.25, -0.2) is 9.97 Å². The topological polar surface area (TPSA) is 75.6 Å². The zero-order valence-corrected chi connectivity index (χ0v) is 19.8. The van der Waals surface area contributed by atoms with Gasteiger partial charge in [-0.2, -0.15) is 0 Å². The van der Waals surface area contributed by atoms with Gasteiger partial charge in [0.1, 0.15) is 5.65 Å². The highest BCUT2D eigenvalue weighted by molar-refractivity contribution is 5.84. The van der Waals surface area contributed by atoms with Crippen LogP contribution in [0.2, 0.25) is 0 Å². The second-order valence-electron chi connectivity index (χ2n) is 8.90. The Bertz CT molecular complexity index is 1410. The zero-order valence-electron chi connectivity index (χ0n) is 19.8. The molecule has 0 fully saturated rings. The molecule has 5 rings (SSSR count). The number of aryl methyl sites for hydroxylation is 1. The molecule has 3 aromatic heterocycles. The Hall–Kier alpha value is -4.19. The van der Waals surface area contributed by atoms with Crippen LogP contribution in [-0.2, 0) is 17.8 Å². The molecule has 6 nitrogen and oxygen atoms in total. The molecule has 0 radical (unpaired) electrons. The molecule has 0 saturated heterocycles. The van der Waals surface area contributed by atoms with Gasteiger partial charge in [-0.1, -0.05) is 60.2 Å². The molecule has 1 unspecified atom stereocenters. The molecular formula is C29H29N5O. The van der Waals surface area contributed by atoms with Crippen molar-refractivity contribution in [2.75, 3.05) is 6.54 Å². The number of carbonyl (C=O) groups excluding carboxylic acids is 1. The first-order valence-electron chi connectivity index (χ1n) is 12.0. The molecule has 0 aliphatic carbocycles. The molecule has 0 spiro atoms. The number of hydrogen-bond donors (Lipinski definition) is 2. The lowest BCUT2D eigenvalue weighted by Crippen LogP contribution is -2.27. The van der Waals surface area contributed by atoms with E-state index in [0.29, 0.717) is 19.4 Å². The minimum absolute atomic E-state index is 0.0277. The van der Waals surface area contributed by atoms with Crippen LogP contribution in [0.5, 0.6) is 0 Å². The number of nitrogens with zero attached hydrogens (tertiary/aromatic N) is 3. The van der Waals surface area contributed by atoms with Gasteiger partial charge in [0.05, 0.1) is 12.0 Å². The van der Waals surface area contributed by atoms with E-state index >= 15 is 0 Å². The van der Waals surface area contributed by atoms with Crippen molar-refractivity contribution in [1.82, 2.24) is 24.8 Å². The van der Waals surface area contributed by atoms with Crippen molar-refractivity contribution in [3.8, 4) is 0 Å². The number of H-pyrrole nitrogens is 1. The molecule has 1 atom stereocenters. The number of aromatic amines is 1. The van der Waals surface area contributed by atoms with Crippen molar-refractivity contribution in [3.05, 3.63) is 120 Å². The molecule has 2 aromatic carbocycles. The smallest absolute Gasteiger partial charge is 0.220 e. The van der Waals surface area contributed by atoms with Gasteiger partial charge >= 0.3 is 0 Å². The van der Waals surface area contributed by atoms with Crippen LogP contribution in [0, 0.1) is 6.92 Å². The van der Waals surface area contributed by atoms with Gasteiger partial charge in [-0.3, -0.25) is 4.79 Å². The minimum Gasteiger partial charge on any atom is -0.356 e. The van der Waals surface area contributed by atoms with E-state index in [4.69, 9.17) is 4.98 Å². The Kier molecular flexibility index (Phi) is 6.70. The number of pyridine rings is 1. The van der Waals surface area contributed by atoms with Crippen LogP contribution in [0.15, 0.2) is 91.6 Å². The second-order valence-corrected chi connectivity index (χ2v) is 8.90. The lowest BCUT2D eigenvalue weighted by atomic mass is 9.87. The third-order valence-corrected chi connectivity index (χ3v) is 6.33. The number of imidazole rings is 1. The van der Waals surface area contributed by atoms with Crippen molar-refractivity contribution in [2.45, 2.75) is 32.2 Å². The number of aromatic nitrogens is 4. The van der Waals surface area contributed by atoms with Crippen LogP contribution in [0.1, 0.15) is 40.3 Å². The Morgan fingerprint density at radius 2 is 1.94 bits per heavy atom. The van der Waals surface area contributed by atoms with Crippen LogP contribution >= 0.6 is 0 Å². The molecule has 35 heavy (non-hydrogen) atoms. The summed E-state index contributed by atoms with van der Waals surface area (Å²) in [5, 5.41) is 4.17. The number of benzene rings is 2. The maximum atomic E-state index is 13.1. The first kappa shape index (κ1) is 22.6. The fourth-order valence-corrected chi connectivity index (χ4v) is 4.64. The predicted octanol–water partition coefficient (Wildman–Crippen LogP) is 5.00. The molecule has 3 heterocycles. The summed E-state index contributed by atoms with van der Waals surface area (Å²) in [7, 11) is 0. The van der Waals surface area contributed by atoms with E-state index in [2.05, 4.69) is 87.6 Å². The maximum Gasteiger partial charge on any atom is 0.220 e.